The second-order valence-electron chi connectivity index (χ2n) is 5.52. The molecule has 2 heterocycles. The van der Waals surface area contributed by atoms with Crippen LogP contribution in [0.15, 0.2) is 21.2 Å². The van der Waals surface area contributed by atoms with E-state index in [9.17, 15) is 26.4 Å². The van der Waals surface area contributed by atoms with E-state index >= 15 is 0 Å². The molecule has 2 aromatic heterocycles. The molecule has 12 nitrogen and oxygen atoms in total. The number of carboxylic acids is 1. The van der Waals surface area contributed by atoms with Crippen molar-refractivity contribution in [1.29, 1.82) is 0 Å². The number of carboxylic acid groups (broad SMARTS) is 1. The van der Waals surface area contributed by atoms with Crippen molar-refractivity contribution in [3.63, 3.8) is 0 Å². The Morgan fingerprint density at radius 2 is 1.39 bits per heavy atom. The van der Waals surface area contributed by atoms with Crippen molar-refractivity contribution in [3.05, 3.63) is 35.0 Å². The molecule has 0 fully saturated rings. The Labute approximate surface area is 160 Å². The number of rotatable bonds is 7. The van der Waals surface area contributed by atoms with Gasteiger partial charge in [-0.15, -0.1) is 0 Å². The molecule has 0 bridgehead atoms. The Morgan fingerprint density at radius 3 is 1.75 bits per heavy atom. The minimum absolute atomic E-state index is 0.0181. The van der Waals surface area contributed by atoms with E-state index in [2.05, 4.69) is 24.1 Å². The van der Waals surface area contributed by atoms with E-state index in [0.29, 0.717) is 0 Å². The molecule has 0 saturated carbocycles. The first kappa shape index (κ1) is 23.3. The molecule has 1 N–H and O–H groups in total. The number of aromatic carboxylic acids is 1. The molecule has 0 atom stereocenters. The molecular formula is C14H18N2O10S2. The highest BCUT2D eigenvalue weighted by Crippen LogP contribution is 2.09. The fourth-order valence-electron chi connectivity index (χ4n) is 1.68. The second kappa shape index (κ2) is 9.45. The molecule has 0 aliphatic carbocycles. The lowest BCUT2D eigenvalue weighted by Gasteiger charge is -1.94. The van der Waals surface area contributed by atoms with Crippen molar-refractivity contribution >= 4 is 31.6 Å². The lowest BCUT2D eigenvalue weighted by molar-refractivity contribution is 0.0514. The van der Waals surface area contributed by atoms with E-state index in [-0.39, 0.29) is 41.0 Å². The Morgan fingerprint density at radius 1 is 0.964 bits per heavy atom. The zero-order valence-electron chi connectivity index (χ0n) is 15.1. The van der Waals surface area contributed by atoms with Crippen LogP contribution in [0.25, 0.3) is 0 Å². The zero-order chi connectivity index (χ0) is 21.5. The normalized spacial score (nSPS) is 11.4. The van der Waals surface area contributed by atoms with Gasteiger partial charge in [0.1, 0.15) is 11.5 Å². The smallest absolute Gasteiger partial charge is 0.360 e. The van der Waals surface area contributed by atoms with Crippen LogP contribution in [0, 0.1) is 0 Å². The number of carbonyl (C=O) groups excluding carboxylic acids is 1. The summed E-state index contributed by atoms with van der Waals surface area (Å²) in [5.74, 6) is -2.34. The number of nitrogens with zero attached hydrogens (tertiary/aromatic N) is 2. The van der Waals surface area contributed by atoms with Gasteiger partial charge in [-0.25, -0.2) is 26.4 Å². The lowest BCUT2D eigenvalue weighted by Crippen LogP contribution is -2.04. The van der Waals surface area contributed by atoms with Gasteiger partial charge in [0.05, 0.1) is 6.61 Å². The van der Waals surface area contributed by atoms with Crippen molar-refractivity contribution < 1.29 is 45.3 Å². The van der Waals surface area contributed by atoms with Gasteiger partial charge in [-0.2, -0.15) is 0 Å². The molecule has 28 heavy (non-hydrogen) atoms. The molecule has 156 valence electrons. The molecule has 0 spiro atoms. The maximum absolute atomic E-state index is 11.1. The first-order chi connectivity index (χ1) is 12.8. The summed E-state index contributed by atoms with van der Waals surface area (Å²) in [5.41, 5.74) is -0.311. The summed E-state index contributed by atoms with van der Waals surface area (Å²) in [5, 5.41) is 15.0. The molecule has 14 heteroatoms. The Kier molecular flexibility index (Phi) is 7.87. The fraction of sp³-hybridized carbons (Fsp3) is 0.429. The second-order valence-corrected chi connectivity index (χ2v) is 9.80. The van der Waals surface area contributed by atoms with E-state index in [1.54, 1.807) is 6.92 Å². The van der Waals surface area contributed by atoms with Crippen molar-refractivity contribution in [2.75, 3.05) is 19.1 Å². The molecule has 0 aliphatic rings. The van der Waals surface area contributed by atoms with E-state index < -0.39 is 31.6 Å². The lowest BCUT2D eigenvalue weighted by atomic mass is 10.4. The summed E-state index contributed by atoms with van der Waals surface area (Å²) in [4.78, 5) is 21.4. The minimum Gasteiger partial charge on any atom is -0.476 e. The number of sulfone groups is 2. The van der Waals surface area contributed by atoms with Crippen LogP contribution in [0.1, 0.15) is 39.4 Å². The zero-order valence-corrected chi connectivity index (χ0v) is 16.7. The van der Waals surface area contributed by atoms with Crippen LogP contribution in [0.5, 0.6) is 0 Å². The van der Waals surface area contributed by atoms with Crippen LogP contribution in [0.2, 0.25) is 0 Å². The maximum atomic E-state index is 11.1. The number of ether oxygens (including phenoxy) is 1. The van der Waals surface area contributed by atoms with Crippen molar-refractivity contribution in [2.45, 2.75) is 18.4 Å². The summed E-state index contributed by atoms with van der Waals surface area (Å²) < 4.78 is 57.1. The van der Waals surface area contributed by atoms with Gasteiger partial charge in [-0.3, -0.25) is 0 Å². The molecule has 0 radical (unpaired) electrons. The maximum Gasteiger partial charge on any atom is 0.360 e. The average molecular weight is 438 g/mol. The SMILES string of the molecule is CCOC(=O)c1cc(CS(C)(=O)=O)on1.CS(=O)(=O)Cc1cc(C(=O)O)no1. The third-order valence-electron chi connectivity index (χ3n) is 2.63. The third-order valence-corrected chi connectivity index (χ3v) is 4.25. The predicted octanol–water partition coefficient (Wildman–Crippen LogP) is 0.313. The minimum atomic E-state index is -3.22. The van der Waals surface area contributed by atoms with Crippen LogP contribution >= 0.6 is 0 Å². The summed E-state index contributed by atoms with van der Waals surface area (Å²) >= 11 is 0. The van der Waals surface area contributed by atoms with Crippen LogP contribution in [0.3, 0.4) is 0 Å². The van der Waals surface area contributed by atoms with Crippen molar-refractivity contribution in [2.24, 2.45) is 0 Å². The monoisotopic (exact) mass is 438 g/mol. The van der Waals surface area contributed by atoms with Gasteiger partial charge in [0.2, 0.25) is 0 Å². The third kappa shape index (κ3) is 8.77. The van der Waals surface area contributed by atoms with Gasteiger partial charge in [-0.05, 0) is 6.92 Å². The molecule has 0 aromatic carbocycles. The highest BCUT2D eigenvalue weighted by atomic mass is 32.2. The van der Waals surface area contributed by atoms with Crippen LogP contribution in [0.4, 0.5) is 0 Å². The molecule has 0 amide bonds. The Hall–Kier alpha value is -2.74. The summed E-state index contributed by atoms with van der Waals surface area (Å²) in [7, 11) is -6.40. The van der Waals surface area contributed by atoms with Crippen molar-refractivity contribution in [3.8, 4) is 0 Å². The van der Waals surface area contributed by atoms with Crippen LogP contribution in [-0.4, -0.2) is 63.3 Å². The number of hydrogen-bond acceptors (Lipinski definition) is 11. The molecule has 0 unspecified atom stereocenters. The number of carbonyl (C=O) groups is 2. The first-order valence-electron chi connectivity index (χ1n) is 7.47. The number of aromatic nitrogens is 2. The molecule has 2 aromatic rings. The fourth-order valence-corrected chi connectivity index (χ4v) is 2.99. The van der Waals surface area contributed by atoms with Crippen LogP contribution < -0.4 is 0 Å². The standard InChI is InChI=1S/C8H11NO5S.C6H7NO5S/c1-3-13-8(10)7-4-6(14-9-7)5-15(2,11)12;1-13(10,11)3-4-2-5(6(8)9)7-12-4/h4H,3,5H2,1-2H3;2H,3H2,1H3,(H,8,9). The van der Waals surface area contributed by atoms with Gasteiger partial charge >= 0.3 is 11.9 Å². The highest BCUT2D eigenvalue weighted by Gasteiger charge is 2.16. The molecule has 2 rings (SSSR count). The molecular weight excluding hydrogens is 420 g/mol. The van der Waals surface area contributed by atoms with Gasteiger partial charge in [-0.1, -0.05) is 10.3 Å². The molecule has 0 saturated heterocycles. The summed E-state index contributed by atoms with van der Waals surface area (Å²) in [6.45, 7) is 1.89. The van der Waals surface area contributed by atoms with Crippen molar-refractivity contribution in [1.82, 2.24) is 10.3 Å². The summed E-state index contributed by atoms with van der Waals surface area (Å²) in [6.07, 6.45) is 2.09. The number of esters is 1. The largest absolute Gasteiger partial charge is 0.476 e. The van der Waals surface area contributed by atoms with Gasteiger partial charge < -0.3 is 18.9 Å². The van der Waals surface area contributed by atoms with Gasteiger partial charge in [0.25, 0.3) is 0 Å². The van der Waals surface area contributed by atoms with E-state index in [4.69, 9.17) is 5.11 Å². The Balaban J connectivity index is 0.000000283. The van der Waals surface area contributed by atoms with E-state index in [1.807, 2.05) is 0 Å². The predicted molar refractivity (Wildman–Crippen MR) is 93.0 cm³/mol. The molecule has 0 aliphatic heterocycles. The van der Waals surface area contributed by atoms with Gasteiger partial charge in [0.15, 0.2) is 42.6 Å². The highest BCUT2D eigenvalue weighted by molar-refractivity contribution is 7.90. The number of hydrogen-bond donors (Lipinski definition) is 1. The summed E-state index contributed by atoms with van der Waals surface area (Å²) in [6, 6.07) is 2.35. The topological polar surface area (TPSA) is 184 Å². The van der Waals surface area contributed by atoms with E-state index in [1.165, 1.54) is 6.07 Å². The average Bonchev–Trinajstić information content (AvgIpc) is 3.14. The quantitative estimate of drug-likeness (QED) is 0.584. The van der Waals surface area contributed by atoms with Gasteiger partial charge in [0, 0.05) is 24.6 Å². The van der Waals surface area contributed by atoms with E-state index in [0.717, 1.165) is 18.6 Å². The Bertz CT molecular complexity index is 1030. The first-order valence-corrected chi connectivity index (χ1v) is 11.6. The van der Waals surface area contributed by atoms with Crippen LogP contribution in [-0.2, 0) is 35.9 Å².